The number of halogens is 15. The molecule has 5 unspecified atom stereocenters. The van der Waals surface area contributed by atoms with Crippen LogP contribution in [-0.2, 0) is 0 Å². The van der Waals surface area contributed by atoms with Crippen molar-refractivity contribution in [2.24, 2.45) is 0 Å². The minimum atomic E-state index is -0.210. The minimum absolute atomic E-state index is 0. The summed E-state index contributed by atoms with van der Waals surface area (Å²) in [4.78, 5) is 69.8. The van der Waals surface area contributed by atoms with Crippen molar-refractivity contribution in [3.63, 3.8) is 0 Å². The number of hydrogen-bond acceptors (Lipinski definition) is 8. The van der Waals surface area contributed by atoms with Gasteiger partial charge in [0.25, 0.3) is 0 Å². The Kier molecular flexibility index (Phi) is 61.9. The van der Waals surface area contributed by atoms with Gasteiger partial charge in [0.1, 0.15) is 6.04 Å². The monoisotopic (exact) mass is 1810 g/mol. The van der Waals surface area contributed by atoms with Crippen molar-refractivity contribution in [2.75, 3.05) is 10.7 Å². The van der Waals surface area contributed by atoms with E-state index in [0.717, 1.165) is 0 Å². The van der Waals surface area contributed by atoms with Gasteiger partial charge in [-0.25, -0.2) is 0 Å². The minimum Gasteiger partial charge on any atom is -1.00 e. The highest BCUT2D eigenvalue weighted by Gasteiger charge is 2.25. The molecule has 0 heterocycles. The predicted molar refractivity (Wildman–Crippen MR) is 422 cm³/mol. The maximum Gasteiger partial charge on any atom is 0.219 e. The van der Waals surface area contributed by atoms with Crippen LogP contribution in [0.2, 0.25) is 30.1 Å². The molecular formula is C70H92Br5Cl10N3O6. The molecule has 0 amide bonds. The zero-order valence-corrected chi connectivity index (χ0v) is 69.6. The summed E-state index contributed by atoms with van der Waals surface area (Å²) in [5.74, 6) is 0.495. The van der Waals surface area contributed by atoms with Crippen LogP contribution < -0.4 is 32.9 Å². The fourth-order valence-corrected chi connectivity index (χ4v) is 9.22. The molecule has 0 aliphatic carbocycles. The van der Waals surface area contributed by atoms with Gasteiger partial charge in [-0.15, -0.1) is 46.4 Å². The molecule has 528 valence electrons. The molecule has 5 atom stereocenters. The first-order valence-electron chi connectivity index (χ1n) is 28.0. The van der Waals surface area contributed by atoms with Gasteiger partial charge in [0.2, 0.25) is 5.78 Å². The Morgan fingerprint density at radius 3 is 0.798 bits per heavy atom. The van der Waals surface area contributed by atoms with Crippen LogP contribution in [0.15, 0.2) is 146 Å². The highest BCUT2D eigenvalue weighted by molar-refractivity contribution is 9.93. The van der Waals surface area contributed by atoms with E-state index in [0.29, 0.717) is 69.9 Å². The van der Waals surface area contributed by atoms with Crippen LogP contribution in [0.5, 0.6) is 0 Å². The highest BCUT2D eigenvalue weighted by atomic mass is 80.9. The molecule has 4 N–H and O–H groups in total. The maximum absolute atomic E-state index is 12.1. The van der Waals surface area contributed by atoms with E-state index in [4.69, 9.17) is 116 Å². The lowest BCUT2D eigenvalue weighted by atomic mass is 10.0. The van der Waals surface area contributed by atoms with Crippen molar-refractivity contribution in [1.82, 2.24) is 10.6 Å². The molecule has 0 saturated heterocycles. The van der Waals surface area contributed by atoms with Gasteiger partial charge in [-0.2, -0.15) is 0 Å². The number of hydrogen-bond donors (Lipinski definition) is 3. The number of alkyl halides is 6. The Balaban J connectivity index is -0.000000241. The summed E-state index contributed by atoms with van der Waals surface area (Å²) in [5, 5.41) is 12.5. The van der Waals surface area contributed by atoms with Crippen molar-refractivity contribution in [3.8, 4) is 0 Å². The third-order valence-electron chi connectivity index (χ3n) is 11.0. The number of carbonyl (C=O) groups excluding carboxylic acids is 6. The molecule has 0 saturated carbocycles. The predicted octanol–water partition coefficient (Wildman–Crippen LogP) is 21.2. The zero-order chi connectivity index (χ0) is 71.0. The smallest absolute Gasteiger partial charge is 0.219 e. The molecule has 0 fully saturated rings. The average Bonchev–Trinajstić information content (AvgIpc) is 1.08. The van der Waals surface area contributed by atoms with E-state index in [-0.39, 0.29) is 122 Å². The number of carbonyl (C=O) groups is 6. The number of rotatable bonds is 15. The van der Waals surface area contributed by atoms with Crippen molar-refractivity contribution < 1.29 is 51.1 Å². The van der Waals surface area contributed by atoms with E-state index in [1.54, 1.807) is 159 Å². The second kappa shape index (κ2) is 56.2. The summed E-state index contributed by atoms with van der Waals surface area (Å²) in [6.07, 6.45) is 0.528. The molecule has 0 radical (unpaired) electrons. The molecule has 0 spiro atoms. The van der Waals surface area contributed by atoms with Crippen molar-refractivity contribution >= 4 is 211 Å². The lowest BCUT2D eigenvalue weighted by molar-refractivity contribution is -0.732. The molecule has 0 bridgehead atoms. The van der Waals surface area contributed by atoms with Gasteiger partial charge in [-0.1, -0.05) is 196 Å². The lowest BCUT2D eigenvalue weighted by Gasteiger charge is -2.25. The van der Waals surface area contributed by atoms with Gasteiger partial charge < -0.3 is 32.9 Å². The van der Waals surface area contributed by atoms with Gasteiger partial charge >= 0.3 is 0 Å². The third kappa shape index (κ3) is 50.8. The van der Waals surface area contributed by atoms with E-state index < -0.39 is 0 Å². The summed E-state index contributed by atoms with van der Waals surface area (Å²) in [7, 11) is 0. The maximum atomic E-state index is 12.1. The Morgan fingerprint density at radius 1 is 0.404 bits per heavy atom. The second-order valence-corrected chi connectivity index (χ2v) is 29.6. The van der Waals surface area contributed by atoms with Crippen LogP contribution >= 0.6 is 176 Å². The second-order valence-electron chi connectivity index (χ2n) is 22.6. The molecule has 0 aliphatic heterocycles. The summed E-state index contributed by atoms with van der Waals surface area (Å²) in [6.45, 7) is 29.6. The molecular weight excluding hydrogens is 1730 g/mol. The van der Waals surface area contributed by atoms with Crippen LogP contribution in [-0.4, -0.2) is 89.8 Å². The normalized spacial score (nSPS) is 11.7. The van der Waals surface area contributed by atoms with Crippen molar-refractivity contribution in [2.45, 2.75) is 170 Å². The highest BCUT2D eigenvalue weighted by Crippen LogP contribution is 2.19. The quantitative estimate of drug-likeness (QED) is 0.0681. The van der Waals surface area contributed by atoms with E-state index in [9.17, 15) is 28.8 Å². The number of nitrogens with two attached hydrogens (primary N) is 1. The van der Waals surface area contributed by atoms with Gasteiger partial charge in [-0.05, 0) is 170 Å². The lowest BCUT2D eigenvalue weighted by Crippen LogP contribution is -3.00. The number of quaternary nitrogens is 1. The van der Waals surface area contributed by atoms with Crippen LogP contribution in [0, 0.1) is 0 Å². The van der Waals surface area contributed by atoms with Crippen LogP contribution in [0.1, 0.15) is 187 Å². The molecule has 6 rings (SSSR count). The summed E-state index contributed by atoms with van der Waals surface area (Å²) in [5.41, 5.74) is 3.86. The van der Waals surface area contributed by atoms with E-state index in [2.05, 4.69) is 96.8 Å². The van der Waals surface area contributed by atoms with Gasteiger partial charge in [0, 0.05) is 109 Å². The SMILES string of the molecule is BrBr.C.C.CC(Br)C(=O)c1cccc(Cl)c1.CC(Br)C(=O)c1cccc(Cl)c1.CC(NC(C)(C)C)C(=O)c1cccc(Cl)c1.CC(NC(C)(C)C)C(=O)c1cccc(Cl)c1.CC([NH2+]C(C)(C)C)C(=O)c1cccc(Cl)c1.CCC(=O)c1cccc(Cl)c1.ClCCl.ClCCl.[Br-]. The van der Waals surface area contributed by atoms with Crippen molar-refractivity contribution in [3.05, 3.63) is 209 Å². The standard InChI is InChI=1S/3C13H18ClNO.2C9H8BrClO.C9H9ClO.2CH2Cl2.2CH4.Br2.BrH/c3*1-9(15-13(2,3)4)12(16)10-6-5-7-11(14)8-10;2*1-6(10)9(12)7-3-2-4-8(11)5-7;1-2-9(11)7-4-3-5-8(10)6-7;2*2-1-3;;;1-2;/h3*5-9,15H,1-4H3;2*2-6H,1H3;3-6H,2H2,1H3;2*1H2;2*1H4;;1H. The Bertz CT molecular complexity index is 2880. The summed E-state index contributed by atoms with van der Waals surface area (Å²) >= 11 is 65.7. The first-order chi connectivity index (χ1) is 42.2. The molecule has 6 aromatic rings. The van der Waals surface area contributed by atoms with E-state index in [1.807, 2.05) is 69.2 Å². The molecule has 94 heavy (non-hydrogen) atoms. The van der Waals surface area contributed by atoms with Crippen LogP contribution in [0.25, 0.3) is 0 Å². The summed E-state index contributed by atoms with van der Waals surface area (Å²) in [6, 6.07) is 41.6. The molecule has 24 heteroatoms. The largest absolute Gasteiger partial charge is 1.00 e. The molecule has 6 aromatic carbocycles. The third-order valence-corrected chi connectivity index (χ3v) is 13.2. The Labute approximate surface area is 654 Å². The Hall–Kier alpha value is -1.48. The van der Waals surface area contributed by atoms with E-state index >= 15 is 0 Å². The fraction of sp³-hybridized carbons (Fsp3) is 0.400. The number of nitrogens with one attached hydrogen (secondary N) is 2. The van der Waals surface area contributed by atoms with E-state index in [1.165, 1.54) is 0 Å². The zero-order valence-electron chi connectivity index (χ0n) is 54.1. The van der Waals surface area contributed by atoms with Crippen molar-refractivity contribution in [1.29, 1.82) is 0 Å². The molecule has 0 aromatic heterocycles. The topological polar surface area (TPSA) is 143 Å². The summed E-state index contributed by atoms with van der Waals surface area (Å²) < 4.78 is 0. The molecule has 0 aliphatic rings. The fourth-order valence-electron chi connectivity index (χ4n) is 7.55. The first-order valence-corrected chi connectivity index (χ1v) is 38.0. The van der Waals surface area contributed by atoms with Gasteiger partial charge in [0.15, 0.2) is 28.9 Å². The Morgan fingerprint density at radius 2 is 0.606 bits per heavy atom. The number of benzene rings is 6. The van der Waals surface area contributed by atoms with Crippen LogP contribution in [0.3, 0.4) is 0 Å². The van der Waals surface area contributed by atoms with Gasteiger partial charge in [-0.3, -0.25) is 28.8 Å². The number of ketones is 6. The molecule has 9 nitrogen and oxygen atoms in total. The first kappa shape index (κ1) is 104. The number of Topliss-reactive ketones (excluding diaryl/α,β-unsaturated/α-hetero) is 6. The van der Waals surface area contributed by atoms with Gasteiger partial charge in [0.05, 0.1) is 38.0 Å². The average molecular weight is 1830 g/mol. The van der Waals surface area contributed by atoms with Crippen LogP contribution in [0.4, 0.5) is 0 Å².